The molecular formula is C19H15Cl2F3N2OS. The first-order valence-electron chi connectivity index (χ1n) is 8.78. The molecule has 1 N–H and O–H groups in total. The van der Waals surface area contributed by atoms with Gasteiger partial charge in [-0.3, -0.25) is 4.79 Å². The lowest BCUT2D eigenvalue weighted by atomic mass is 9.90. The van der Waals surface area contributed by atoms with Crippen LogP contribution in [0.2, 0.25) is 0 Å². The van der Waals surface area contributed by atoms with Gasteiger partial charge in [-0.15, -0.1) is 11.3 Å². The summed E-state index contributed by atoms with van der Waals surface area (Å²) in [7, 11) is 0. The van der Waals surface area contributed by atoms with Gasteiger partial charge in [-0.1, -0.05) is 42.3 Å². The molecule has 0 aliphatic heterocycles. The predicted molar refractivity (Wildman–Crippen MR) is 104 cm³/mol. The minimum atomic E-state index is -4.68. The molecule has 0 saturated heterocycles. The molecule has 1 saturated carbocycles. The number of carbonyl (C=O) groups excluding carboxylic acids is 1. The van der Waals surface area contributed by atoms with E-state index < -0.39 is 22.7 Å². The van der Waals surface area contributed by atoms with Crippen LogP contribution in [0.1, 0.15) is 63.1 Å². The molecule has 1 aromatic carbocycles. The zero-order chi connectivity index (χ0) is 20.2. The van der Waals surface area contributed by atoms with E-state index in [0.717, 1.165) is 40.9 Å². The van der Waals surface area contributed by atoms with Gasteiger partial charge in [-0.05, 0) is 42.0 Å². The zero-order valence-corrected chi connectivity index (χ0v) is 17.0. The molecule has 2 aliphatic rings. The molecule has 0 spiro atoms. The molecule has 148 valence electrons. The van der Waals surface area contributed by atoms with E-state index >= 15 is 0 Å². The number of allylic oxidation sites excluding steroid dienone is 1. The number of rotatable bonds is 3. The Labute approximate surface area is 173 Å². The van der Waals surface area contributed by atoms with Crippen molar-refractivity contribution < 1.29 is 18.0 Å². The van der Waals surface area contributed by atoms with Crippen molar-refractivity contribution in [2.75, 3.05) is 5.32 Å². The van der Waals surface area contributed by atoms with Gasteiger partial charge in [0.25, 0.3) is 5.91 Å². The predicted octanol–water partition coefficient (Wildman–Crippen LogP) is 6.64. The van der Waals surface area contributed by atoms with Crippen LogP contribution in [0.4, 0.5) is 18.9 Å². The summed E-state index contributed by atoms with van der Waals surface area (Å²) >= 11 is 12.9. The third kappa shape index (κ3) is 3.13. The summed E-state index contributed by atoms with van der Waals surface area (Å²) in [5, 5.41) is 2.95. The standard InChI is InChI=1S/C19H15Cl2F3N2OS/c1-2-12-26-16(19(22,23)24)15(28-12)18(27)25-11-5-3-4-8-9-6-7-10(13(8)11)14(9)17(20)21/h3-5,9-10H,2,6-7H2,1H3,(H,25,27). The molecule has 1 amide bonds. The first-order valence-corrected chi connectivity index (χ1v) is 10.4. The average Bonchev–Trinajstić information content (AvgIpc) is 3.33. The third-order valence-corrected chi connectivity index (χ3v) is 6.91. The Balaban J connectivity index is 1.71. The van der Waals surface area contributed by atoms with Crippen LogP contribution >= 0.6 is 34.5 Å². The maximum atomic E-state index is 13.3. The molecule has 2 aliphatic carbocycles. The van der Waals surface area contributed by atoms with Crippen molar-refractivity contribution >= 4 is 46.1 Å². The second-order valence-electron chi connectivity index (χ2n) is 6.80. The van der Waals surface area contributed by atoms with Crippen molar-refractivity contribution in [1.29, 1.82) is 0 Å². The monoisotopic (exact) mass is 446 g/mol. The van der Waals surface area contributed by atoms with Crippen LogP contribution in [0.25, 0.3) is 0 Å². The number of alkyl halides is 3. The van der Waals surface area contributed by atoms with Crippen molar-refractivity contribution in [3.05, 3.63) is 55.0 Å². The van der Waals surface area contributed by atoms with Crippen LogP contribution in [-0.4, -0.2) is 10.9 Å². The summed E-state index contributed by atoms with van der Waals surface area (Å²) in [6.45, 7) is 1.70. The second kappa shape index (κ2) is 7.04. The van der Waals surface area contributed by atoms with E-state index in [0.29, 0.717) is 12.1 Å². The summed E-state index contributed by atoms with van der Waals surface area (Å²) in [6, 6.07) is 5.44. The zero-order valence-electron chi connectivity index (χ0n) is 14.7. The van der Waals surface area contributed by atoms with Crippen LogP contribution in [0.5, 0.6) is 0 Å². The Morgan fingerprint density at radius 3 is 2.64 bits per heavy atom. The molecular weight excluding hydrogens is 432 g/mol. The molecule has 2 bridgehead atoms. The number of thiazole rings is 1. The van der Waals surface area contributed by atoms with Gasteiger partial charge in [-0.25, -0.2) is 4.98 Å². The highest BCUT2D eigenvalue weighted by atomic mass is 35.5. The van der Waals surface area contributed by atoms with Gasteiger partial charge in [0.2, 0.25) is 0 Å². The molecule has 2 unspecified atom stereocenters. The largest absolute Gasteiger partial charge is 0.435 e. The van der Waals surface area contributed by atoms with E-state index in [1.807, 2.05) is 6.07 Å². The van der Waals surface area contributed by atoms with Gasteiger partial charge in [0, 0.05) is 17.5 Å². The molecule has 1 fully saturated rings. The number of hydrogen-bond donors (Lipinski definition) is 1. The Morgan fingerprint density at radius 2 is 2.00 bits per heavy atom. The number of aromatic nitrogens is 1. The van der Waals surface area contributed by atoms with Gasteiger partial charge in [0.1, 0.15) is 9.37 Å². The number of benzene rings is 1. The fourth-order valence-electron chi connectivity index (χ4n) is 4.20. The highest BCUT2D eigenvalue weighted by Crippen LogP contribution is 2.60. The minimum absolute atomic E-state index is 0.0174. The van der Waals surface area contributed by atoms with Crippen LogP contribution in [-0.2, 0) is 12.6 Å². The van der Waals surface area contributed by atoms with Gasteiger partial charge in [0.15, 0.2) is 5.69 Å². The fourth-order valence-corrected chi connectivity index (χ4v) is 5.64. The summed E-state index contributed by atoms with van der Waals surface area (Å²) in [5.41, 5.74) is 2.22. The average molecular weight is 447 g/mol. The molecule has 2 atom stereocenters. The number of fused-ring (bicyclic) bond motifs is 5. The number of hydrogen-bond acceptors (Lipinski definition) is 3. The van der Waals surface area contributed by atoms with Crippen molar-refractivity contribution in [2.24, 2.45) is 0 Å². The van der Waals surface area contributed by atoms with Crippen LogP contribution in [0, 0.1) is 0 Å². The Morgan fingerprint density at radius 1 is 1.29 bits per heavy atom. The van der Waals surface area contributed by atoms with Crippen molar-refractivity contribution in [3.63, 3.8) is 0 Å². The lowest BCUT2D eigenvalue weighted by molar-refractivity contribution is -0.141. The smallest absolute Gasteiger partial charge is 0.321 e. The first-order chi connectivity index (χ1) is 13.2. The minimum Gasteiger partial charge on any atom is -0.321 e. The second-order valence-corrected chi connectivity index (χ2v) is 8.83. The van der Waals surface area contributed by atoms with Gasteiger partial charge in [-0.2, -0.15) is 13.2 Å². The molecule has 1 heterocycles. The SMILES string of the molecule is CCc1nc(C(F)(F)F)c(C(=O)Nc2cccc3c2C2CCC3C2=C(Cl)Cl)s1. The van der Waals surface area contributed by atoms with E-state index in [1.165, 1.54) is 0 Å². The maximum Gasteiger partial charge on any atom is 0.435 e. The number of aryl methyl sites for hydroxylation is 1. The quantitative estimate of drug-likeness (QED) is 0.573. The highest BCUT2D eigenvalue weighted by molar-refractivity contribution is 7.14. The van der Waals surface area contributed by atoms with Crippen LogP contribution < -0.4 is 5.32 Å². The summed E-state index contributed by atoms with van der Waals surface area (Å²) in [6.07, 6.45) is -2.60. The van der Waals surface area contributed by atoms with Gasteiger partial charge in [0.05, 0.1) is 5.01 Å². The molecule has 3 nitrogen and oxygen atoms in total. The molecule has 4 rings (SSSR count). The van der Waals surface area contributed by atoms with Gasteiger partial charge < -0.3 is 5.32 Å². The number of anilines is 1. The molecule has 28 heavy (non-hydrogen) atoms. The van der Waals surface area contributed by atoms with Crippen LogP contribution in [0.3, 0.4) is 0 Å². The lowest BCUT2D eigenvalue weighted by Crippen LogP contribution is -2.18. The first kappa shape index (κ1) is 19.7. The number of carbonyl (C=O) groups is 1. The number of nitrogens with one attached hydrogen (secondary N) is 1. The van der Waals surface area contributed by atoms with E-state index in [1.54, 1.807) is 19.1 Å². The highest BCUT2D eigenvalue weighted by Gasteiger charge is 2.45. The van der Waals surface area contributed by atoms with E-state index in [2.05, 4.69) is 10.3 Å². The van der Waals surface area contributed by atoms with Crippen molar-refractivity contribution in [3.8, 4) is 0 Å². The summed E-state index contributed by atoms with van der Waals surface area (Å²) in [4.78, 5) is 15.9. The van der Waals surface area contributed by atoms with Crippen LogP contribution in [0.15, 0.2) is 28.3 Å². The molecule has 0 radical (unpaired) electrons. The number of halogens is 5. The normalized spacial score (nSPS) is 20.4. The van der Waals surface area contributed by atoms with Crippen molar-refractivity contribution in [1.82, 2.24) is 4.98 Å². The Hall–Kier alpha value is -1.57. The van der Waals surface area contributed by atoms with Crippen molar-refractivity contribution in [2.45, 2.75) is 44.2 Å². The topological polar surface area (TPSA) is 42.0 Å². The van der Waals surface area contributed by atoms with E-state index in [4.69, 9.17) is 23.2 Å². The van der Waals surface area contributed by atoms with E-state index in [9.17, 15) is 18.0 Å². The molecule has 1 aromatic heterocycles. The number of amides is 1. The van der Waals surface area contributed by atoms with Gasteiger partial charge >= 0.3 is 6.18 Å². The maximum absolute atomic E-state index is 13.3. The Kier molecular flexibility index (Phi) is 4.96. The molecule has 2 aromatic rings. The Bertz CT molecular complexity index is 996. The fraction of sp³-hybridized carbons (Fsp3) is 0.368. The summed E-state index contributed by atoms with van der Waals surface area (Å²) in [5.74, 6) is -0.720. The third-order valence-electron chi connectivity index (χ3n) is 5.27. The summed E-state index contributed by atoms with van der Waals surface area (Å²) < 4.78 is 40.2. The number of nitrogens with zero attached hydrogens (tertiary/aromatic N) is 1. The van der Waals surface area contributed by atoms with E-state index in [-0.39, 0.29) is 21.3 Å². The lowest BCUT2D eigenvalue weighted by Gasteiger charge is -2.18. The molecule has 9 heteroatoms.